The highest BCUT2D eigenvalue weighted by Gasteiger charge is 2.76. The van der Waals surface area contributed by atoms with Crippen LogP contribution < -0.4 is 0 Å². The van der Waals surface area contributed by atoms with Crippen LogP contribution in [0.25, 0.3) is 0 Å². The van der Waals surface area contributed by atoms with Crippen molar-refractivity contribution in [1.82, 2.24) is 0 Å². The highest BCUT2D eigenvalue weighted by molar-refractivity contribution is 7.85. The maximum atomic E-state index is 13.5. The van der Waals surface area contributed by atoms with Crippen LogP contribution in [-0.2, 0) is 29.1 Å². The number of fused-ring (bicyclic) bond motifs is 1. The molecule has 6 unspecified atom stereocenters. The molecule has 0 aromatic rings. The van der Waals surface area contributed by atoms with Crippen LogP contribution in [0.4, 0.5) is 26.3 Å². The lowest BCUT2D eigenvalue weighted by Crippen LogP contribution is -2.65. The van der Waals surface area contributed by atoms with E-state index >= 15 is 0 Å². The van der Waals surface area contributed by atoms with Crippen molar-refractivity contribution in [2.45, 2.75) is 63.0 Å². The lowest BCUT2D eigenvalue weighted by Gasteiger charge is -2.42. The number of aliphatic hydroxyl groups excluding tert-OH is 2. The summed E-state index contributed by atoms with van der Waals surface area (Å²) in [5, 5.41) is 20.4. The number of esters is 1. The van der Waals surface area contributed by atoms with Crippen LogP contribution in [0, 0.1) is 29.6 Å². The standard InChI is InChI=1S/C17H22F6O9S/c1-5(2)12(24)30-10-7-3-6-8(13(25)31-11(6)10)9(7)14(26)32-15(16(18,19)20,17(21,22)23)4-33(27,28)29/h5-12,14,24,26H,3-4H2,1-2H3,(H,27,28,29)/p-1/t6?,7?,8?,9?,10?,11?,12-,14+/m1/s1. The minimum absolute atomic E-state index is 0.00648. The first-order valence-corrected chi connectivity index (χ1v) is 11.4. The Kier molecular flexibility index (Phi) is 6.55. The van der Waals surface area contributed by atoms with Crippen molar-refractivity contribution in [1.29, 1.82) is 0 Å². The third-order valence-electron chi connectivity index (χ3n) is 6.42. The van der Waals surface area contributed by atoms with Gasteiger partial charge in [-0.05, 0) is 12.3 Å². The van der Waals surface area contributed by atoms with Gasteiger partial charge in [0.1, 0.15) is 12.2 Å². The minimum Gasteiger partial charge on any atom is -0.748 e. The number of ether oxygens (including phenoxy) is 3. The van der Waals surface area contributed by atoms with Crippen molar-refractivity contribution in [2.24, 2.45) is 29.6 Å². The van der Waals surface area contributed by atoms with Crippen molar-refractivity contribution >= 4 is 16.1 Å². The van der Waals surface area contributed by atoms with Crippen molar-refractivity contribution in [3.05, 3.63) is 0 Å². The van der Waals surface area contributed by atoms with E-state index in [2.05, 4.69) is 4.74 Å². The Morgan fingerprint density at radius 3 is 2.12 bits per heavy atom. The maximum absolute atomic E-state index is 13.5. The molecule has 2 saturated carbocycles. The Hall–Kier alpha value is -1.20. The van der Waals surface area contributed by atoms with Gasteiger partial charge in [0, 0.05) is 17.8 Å². The summed E-state index contributed by atoms with van der Waals surface area (Å²) in [7, 11) is -6.16. The molecule has 3 fully saturated rings. The Labute approximate surface area is 183 Å². The van der Waals surface area contributed by atoms with Gasteiger partial charge in [-0.2, -0.15) is 26.3 Å². The fraction of sp³-hybridized carbons (Fsp3) is 0.941. The highest BCUT2D eigenvalue weighted by Crippen LogP contribution is 2.61. The third-order valence-corrected chi connectivity index (χ3v) is 7.18. The fourth-order valence-corrected chi connectivity index (χ4v) is 5.85. The van der Waals surface area contributed by atoms with E-state index in [1.54, 1.807) is 13.8 Å². The van der Waals surface area contributed by atoms with Gasteiger partial charge in [0.05, 0.1) is 21.8 Å². The second kappa shape index (κ2) is 8.19. The molecule has 0 aromatic carbocycles. The van der Waals surface area contributed by atoms with E-state index < -0.39 is 94.2 Å². The molecule has 1 aliphatic heterocycles. The maximum Gasteiger partial charge on any atom is 0.427 e. The van der Waals surface area contributed by atoms with Gasteiger partial charge in [-0.25, -0.2) is 8.42 Å². The van der Waals surface area contributed by atoms with Gasteiger partial charge in [-0.3, -0.25) is 4.79 Å². The Balaban J connectivity index is 1.97. The molecule has 0 aromatic heterocycles. The number of carbonyl (C=O) groups excluding carboxylic acids is 1. The van der Waals surface area contributed by atoms with Crippen LogP contribution >= 0.6 is 0 Å². The van der Waals surface area contributed by atoms with Crippen LogP contribution in [0.1, 0.15) is 20.3 Å². The molecule has 0 amide bonds. The first-order chi connectivity index (χ1) is 14.8. The second-order valence-corrected chi connectivity index (χ2v) is 10.2. The van der Waals surface area contributed by atoms with E-state index in [-0.39, 0.29) is 6.42 Å². The van der Waals surface area contributed by atoms with Gasteiger partial charge in [0.2, 0.25) is 0 Å². The zero-order valence-corrected chi connectivity index (χ0v) is 17.9. The number of halogens is 6. The van der Waals surface area contributed by atoms with Crippen LogP contribution in [-0.4, -0.2) is 77.6 Å². The first kappa shape index (κ1) is 26.4. The van der Waals surface area contributed by atoms with E-state index in [1.807, 2.05) is 0 Å². The fourth-order valence-electron chi connectivity index (χ4n) is 4.96. The average Bonchev–Trinajstić information content (AvgIpc) is 3.21. The quantitative estimate of drug-likeness (QED) is 0.209. The summed E-state index contributed by atoms with van der Waals surface area (Å²) in [5.74, 6) is -9.38. The Morgan fingerprint density at radius 1 is 1.12 bits per heavy atom. The molecule has 192 valence electrons. The molecule has 33 heavy (non-hydrogen) atoms. The number of hydrogen-bond acceptors (Lipinski definition) is 9. The average molecular weight is 515 g/mol. The molecule has 0 radical (unpaired) electrons. The second-order valence-electron chi connectivity index (χ2n) is 8.84. The molecule has 1 heterocycles. The summed E-state index contributed by atoms with van der Waals surface area (Å²) in [4.78, 5) is 12.3. The number of aliphatic hydroxyl groups is 2. The number of hydrogen-bond donors (Lipinski definition) is 2. The largest absolute Gasteiger partial charge is 0.748 e. The minimum atomic E-state index is -6.47. The van der Waals surface area contributed by atoms with Gasteiger partial charge in [-0.1, -0.05) is 13.8 Å². The van der Waals surface area contributed by atoms with Crippen molar-refractivity contribution < 1.29 is 68.5 Å². The van der Waals surface area contributed by atoms with Crippen LogP contribution in [0.3, 0.4) is 0 Å². The lowest BCUT2D eigenvalue weighted by atomic mass is 9.77. The van der Waals surface area contributed by atoms with Crippen LogP contribution in [0.15, 0.2) is 0 Å². The van der Waals surface area contributed by atoms with Gasteiger partial charge in [0.25, 0.3) is 5.60 Å². The number of carbonyl (C=O) groups is 1. The SMILES string of the molecule is CC(C)[C@H](O)OC1C2CC3C1OC(=O)C3C2[C@@H](O)OC(CS(=O)(=O)[O-])(C(F)(F)F)C(F)(F)F. The van der Waals surface area contributed by atoms with Crippen molar-refractivity contribution in [2.75, 3.05) is 5.75 Å². The number of rotatable bonds is 8. The molecule has 16 heteroatoms. The monoisotopic (exact) mass is 515 g/mol. The van der Waals surface area contributed by atoms with Gasteiger partial charge in [0.15, 0.2) is 12.6 Å². The predicted molar refractivity (Wildman–Crippen MR) is 90.7 cm³/mol. The molecule has 1 saturated heterocycles. The molecule has 3 rings (SSSR count). The third kappa shape index (κ3) is 4.45. The molecular formula is C17H21F6O9S-. The van der Waals surface area contributed by atoms with Gasteiger partial charge in [-0.15, -0.1) is 0 Å². The van der Waals surface area contributed by atoms with E-state index in [0.29, 0.717) is 0 Å². The highest BCUT2D eigenvalue weighted by atomic mass is 32.2. The van der Waals surface area contributed by atoms with E-state index in [1.165, 1.54) is 0 Å². The summed E-state index contributed by atoms with van der Waals surface area (Å²) in [6.07, 6.45) is -19.4. The first-order valence-electron chi connectivity index (χ1n) is 9.77. The molecular weight excluding hydrogens is 494 g/mol. The van der Waals surface area contributed by atoms with Gasteiger partial charge < -0.3 is 29.0 Å². The topological polar surface area (TPSA) is 142 Å². The predicted octanol–water partition coefficient (Wildman–Crippen LogP) is 0.897. The molecule has 3 aliphatic rings. The summed E-state index contributed by atoms with van der Waals surface area (Å²) in [6, 6.07) is 0. The normalized spacial score (nSPS) is 34.1. The smallest absolute Gasteiger partial charge is 0.427 e. The lowest BCUT2D eigenvalue weighted by molar-refractivity contribution is -0.404. The zero-order valence-electron chi connectivity index (χ0n) is 17.0. The summed E-state index contributed by atoms with van der Waals surface area (Å²) in [6.45, 7) is 3.11. The number of alkyl halides is 6. The van der Waals surface area contributed by atoms with Crippen molar-refractivity contribution in [3.8, 4) is 0 Å². The van der Waals surface area contributed by atoms with E-state index in [9.17, 15) is 54.3 Å². The molecule has 2 aliphatic carbocycles. The summed E-state index contributed by atoms with van der Waals surface area (Å²) >= 11 is 0. The van der Waals surface area contributed by atoms with E-state index in [4.69, 9.17) is 9.47 Å². The molecule has 2 N–H and O–H groups in total. The molecule has 2 bridgehead atoms. The van der Waals surface area contributed by atoms with Crippen LogP contribution in [0.2, 0.25) is 0 Å². The Morgan fingerprint density at radius 2 is 1.67 bits per heavy atom. The van der Waals surface area contributed by atoms with E-state index in [0.717, 1.165) is 0 Å². The molecule has 9 nitrogen and oxygen atoms in total. The zero-order chi connectivity index (χ0) is 25.3. The summed E-state index contributed by atoms with van der Waals surface area (Å²) in [5.41, 5.74) is -5.54. The van der Waals surface area contributed by atoms with Crippen molar-refractivity contribution in [3.63, 3.8) is 0 Å². The van der Waals surface area contributed by atoms with Crippen LogP contribution in [0.5, 0.6) is 0 Å². The molecule has 0 spiro atoms. The molecule has 8 atom stereocenters. The Bertz CT molecular complexity index is 859. The summed E-state index contributed by atoms with van der Waals surface area (Å²) < 4.78 is 129. The van der Waals surface area contributed by atoms with Gasteiger partial charge >= 0.3 is 18.3 Å².